The summed E-state index contributed by atoms with van der Waals surface area (Å²) in [4.78, 5) is 15.3. The van der Waals surface area contributed by atoms with Crippen LogP contribution >= 0.6 is 23.2 Å². The topological polar surface area (TPSA) is 53.9 Å². The minimum Gasteiger partial charge on any atom is -0.353 e. The van der Waals surface area contributed by atoms with Gasteiger partial charge in [-0.15, -0.1) is 5.54 Å². The lowest BCUT2D eigenvalue weighted by atomic mass is 10.1. The number of hydrogen-bond donors (Lipinski definition) is 1. The van der Waals surface area contributed by atoms with E-state index in [0.717, 1.165) is 25.9 Å². The monoisotopic (exact) mass is 507 g/mol. The SMILES string of the molecule is CC(C)[Si](C#Cc1nc(Cl)c(F)c2nc(Cl)nc(N3C[C@H]4CC[C@@H](C3)N4)c12)(C(C)C)C(C)C. The third kappa shape index (κ3) is 4.36. The summed E-state index contributed by atoms with van der Waals surface area (Å²) in [5, 5.41) is 3.89. The number of nitrogens with one attached hydrogen (secondary N) is 1. The summed E-state index contributed by atoms with van der Waals surface area (Å²) in [6.07, 6.45) is 2.24. The Hall–Kier alpha value is -1.46. The molecule has 33 heavy (non-hydrogen) atoms. The first-order valence-corrected chi connectivity index (χ1v) is 14.8. The normalized spacial score (nSPS) is 20.8. The number of pyridine rings is 1. The molecule has 0 aliphatic carbocycles. The van der Waals surface area contributed by atoms with Gasteiger partial charge in [-0.05, 0) is 41.1 Å². The fourth-order valence-electron chi connectivity index (χ4n) is 5.99. The van der Waals surface area contributed by atoms with E-state index in [9.17, 15) is 0 Å². The molecule has 2 aromatic heterocycles. The van der Waals surface area contributed by atoms with E-state index in [0.29, 0.717) is 45.6 Å². The van der Waals surface area contributed by atoms with Crippen LogP contribution in [-0.2, 0) is 0 Å². The smallest absolute Gasteiger partial charge is 0.225 e. The van der Waals surface area contributed by atoms with E-state index in [1.54, 1.807) is 0 Å². The van der Waals surface area contributed by atoms with Crippen LogP contribution in [0.2, 0.25) is 27.1 Å². The molecule has 4 heterocycles. The first kappa shape index (κ1) is 24.7. The third-order valence-electron chi connectivity index (χ3n) is 7.48. The Morgan fingerprint density at radius 1 is 0.970 bits per heavy atom. The van der Waals surface area contributed by atoms with Crippen molar-refractivity contribution in [2.24, 2.45) is 0 Å². The summed E-state index contributed by atoms with van der Waals surface area (Å²) >= 11 is 12.5. The van der Waals surface area contributed by atoms with Gasteiger partial charge in [0.15, 0.2) is 11.0 Å². The second-order valence-electron chi connectivity index (χ2n) is 10.3. The molecule has 2 atom stereocenters. The molecule has 2 aromatic rings. The maximum absolute atomic E-state index is 15.1. The zero-order valence-corrected chi connectivity index (χ0v) is 22.6. The van der Waals surface area contributed by atoms with Gasteiger partial charge in [0.05, 0.1) is 5.39 Å². The van der Waals surface area contributed by atoms with Gasteiger partial charge in [-0.25, -0.2) is 14.4 Å². The van der Waals surface area contributed by atoms with Gasteiger partial charge >= 0.3 is 0 Å². The Morgan fingerprint density at radius 3 is 2.09 bits per heavy atom. The lowest BCUT2D eigenvalue weighted by molar-refractivity contribution is 0.464. The van der Waals surface area contributed by atoms with Crippen molar-refractivity contribution in [3.8, 4) is 11.5 Å². The second kappa shape index (κ2) is 9.29. The number of fused-ring (bicyclic) bond motifs is 3. The third-order valence-corrected chi connectivity index (χ3v) is 14.2. The van der Waals surface area contributed by atoms with Gasteiger partial charge in [-0.2, -0.15) is 4.98 Å². The van der Waals surface area contributed by atoms with Crippen LogP contribution in [0.1, 0.15) is 60.1 Å². The Balaban J connectivity index is 1.95. The van der Waals surface area contributed by atoms with Gasteiger partial charge in [-0.1, -0.05) is 59.1 Å². The number of piperazine rings is 1. The standard InChI is InChI=1S/C24H32Cl2FN5Si/c1-13(2)33(14(3)4,15(5)6)10-9-18-19-21(20(27)22(25)29-18)30-24(26)31-23(19)32-11-16-7-8-17(12-32)28-16/h13-17,28H,7-8,11-12H2,1-6H3/t16-,17+. The molecular formula is C24H32Cl2FN5Si. The van der Waals surface area contributed by atoms with Gasteiger partial charge in [0, 0.05) is 25.2 Å². The molecule has 0 amide bonds. The van der Waals surface area contributed by atoms with E-state index in [4.69, 9.17) is 23.2 Å². The van der Waals surface area contributed by atoms with E-state index in [2.05, 4.69) is 78.2 Å². The molecule has 2 fully saturated rings. The van der Waals surface area contributed by atoms with Gasteiger partial charge in [0.25, 0.3) is 0 Å². The Bertz CT molecular complexity index is 1090. The van der Waals surface area contributed by atoms with Crippen molar-refractivity contribution in [1.29, 1.82) is 0 Å². The average molecular weight is 509 g/mol. The molecule has 2 aliphatic rings. The van der Waals surface area contributed by atoms with E-state index < -0.39 is 13.9 Å². The summed E-state index contributed by atoms with van der Waals surface area (Å²) in [5.41, 5.74) is 5.59. The quantitative estimate of drug-likeness (QED) is 0.238. The number of anilines is 1. The highest BCUT2D eigenvalue weighted by atomic mass is 35.5. The molecule has 1 N–H and O–H groups in total. The number of rotatable bonds is 4. The summed E-state index contributed by atoms with van der Waals surface area (Å²) in [6, 6.07) is 0.769. The maximum Gasteiger partial charge on any atom is 0.225 e. The predicted octanol–water partition coefficient (Wildman–Crippen LogP) is 5.98. The Labute approximate surface area is 206 Å². The van der Waals surface area contributed by atoms with Crippen LogP contribution in [0.3, 0.4) is 0 Å². The van der Waals surface area contributed by atoms with Gasteiger partial charge in [-0.3, -0.25) is 0 Å². The number of halogens is 3. The molecule has 0 unspecified atom stereocenters. The first-order valence-electron chi connectivity index (χ1n) is 11.8. The maximum atomic E-state index is 15.1. The first-order chi connectivity index (χ1) is 15.5. The molecule has 5 nitrogen and oxygen atoms in total. The van der Waals surface area contributed by atoms with E-state index >= 15 is 4.39 Å². The molecule has 2 saturated heterocycles. The Kier molecular flexibility index (Phi) is 6.94. The summed E-state index contributed by atoms with van der Waals surface area (Å²) < 4.78 is 15.1. The van der Waals surface area contributed by atoms with Crippen LogP contribution in [0, 0.1) is 17.3 Å². The van der Waals surface area contributed by atoms with Gasteiger partial charge in [0.2, 0.25) is 5.28 Å². The molecule has 0 radical (unpaired) electrons. The van der Waals surface area contributed by atoms with Crippen LogP contribution < -0.4 is 10.2 Å². The van der Waals surface area contributed by atoms with Crippen molar-refractivity contribution in [1.82, 2.24) is 20.3 Å². The molecule has 2 aliphatic heterocycles. The lowest BCUT2D eigenvalue weighted by Crippen LogP contribution is -2.51. The summed E-state index contributed by atoms with van der Waals surface area (Å²) in [7, 11) is -2.04. The van der Waals surface area contributed by atoms with Crippen molar-refractivity contribution in [2.75, 3.05) is 18.0 Å². The molecule has 0 spiro atoms. The molecule has 4 rings (SSSR count). The zero-order chi connectivity index (χ0) is 24.1. The van der Waals surface area contributed by atoms with Gasteiger partial charge in [0.1, 0.15) is 25.1 Å². The van der Waals surface area contributed by atoms with Crippen LogP contribution in [0.15, 0.2) is 0 Å². The van der Waals surface area contributed by atoms with Crippen LogP contribution in [-0.4, -0.2) is 48.2 Å². The number of hydrogen-bond acceptors (Lipinski definition) is 5. The largest absolute Gasteiger partial charge is 0.353 e. The number of aromatic nitrogens is 3. The van der Waals surface area contributed by atoms with Crippen LogP contribution in [0.4, 0.5) is 10.2 Å². The van der Waals surface area contributed by atoms with Crippen molar-refractivity contribution >= 4 is 48.0 Å². The van der Waals surface area contributed by atoms with E-state index in [1.807, 2.05) is 0 Å². The number of nitrogens with zero attached hydrogens (tertiary/aromatic N) is 4. The highest BCUT2D eigenvalue weighted by Crippen LogP contribution is 2.41. The van der Waals surface area contributed by atoms with E-state index in [-0.39, 0.29) is 16.0 Å². The van der Waals surface area contributed by atoms with Crippen molar-refractivity contribution in [2.45, 2.75) is 83.1 Å². The molecule has 2 bridgehead atoms. The second-order valence-corrected chi connectivity index (χ2v) is 16.6. The van der Waals surface area contributed by atoms with Crippen LogP contribution in [0.25, 0.3) is 10.9 Å². The Morgan fingerprint density at radius 2 is 1.55 bits per heavy atom. The van der Waals surface area contributed by atoms with Crippen molar-refractivity contribution in [3.05, 3.63) is 21.9 Å². The summed E-state index contributed by atoms with van der Waals surface area (Å²) in [6.45, 7) is 15.1. The highest BCUT2D eigenvalue weighted by molar-refractivity contribution is 6.90. The van der Waals surface area contributed by atoms with Crippen LogP contribution in [0.5, 0.6) is 0 Å². The minimum atomic E-state index is -2.04. The molecule has 9 heteroatoms. The molecule has 0 saturated carbocycles. The molecule has 0 aromatic carbocycles. The van der Waals surface area contributed by atoms with E-state index in [1.165, 1.54) is 0 Å². The van der Waals surface area contributed by atoms with Crippen molar-refractivity contribution < 1.29 is 4.39 Å². The highest BCUT2D eigenvalue weighted by Gasteiger charge is 2.42. The predicted molar refractivity (Wildman–Crippen MR) is 137 cm³/mol. The van der Waals surface area contributed by atoms with Crippen molar-refractivity contribution in [3.63, 3.8) is 0 Å². The fraction of sp³-hybridized carbons (Fsp3) is 0.625. The lowest BCUT2D eigenvalue weighted by Gasteiger charge is -2.38. The molecule has 178 valence electrons. The van der Waals surface area contributed by atoms with Gasteiger partial charge < -0.3 is 10.2 Å². The zero-order valence-electron chi connectivity index (χ0n) is 20.1. The summed E-state index contributed by atoms with van der Waals surface area (Å²) in [5.74, 6) is 3.28. The minimum absolute atomic E-state index is 0.00119. The molecular weight excluding hydrogens is 476 g/mol. The average Bonchev–Trinajstić information content (AvgIpc) is 3.08. The fourth-order valence-corrected chi connectivity index (χ4v) is 11.5.